The molecule has 0 radical (unpaired) electrons. The number of hydrogen-bond acceptors (Lipinski definition) is 4. The summed E-state index contributed by atoms with van der Waals surface area (Å²) >= 11 is 1.48. The number of fused-ring (bicyclic) bond motifs is 1. The van der Waals surface area contributed by atoms with E-state index in [-0.39, 0.29) is 0 Å². The first-order chi connectivity index (χ1) is 9.86. The molecular weight excluding hydrogens is 290 g/mol. The van der Waals surface area contributed by atoms with Crippen molar-refractivity contribution in [3.8, 4) is 0 Å². The minimum atomic E-state index is -1.27. The predicted molar refractivity (Wildman–Crippen MR) is 82.7 cm³/mol. The van der Waals surface area contributed by atoms with Gasteiger partial charge in [0.2, 0.25) is 0 Å². The zero-order valence-corrected chi connectivity index (χ0v) is 12.9. The molecule has 0 saturated carbocycles. The Hall–Kier alpha value is -2.15. The van der Waals surface area contributed by atoms with E-state index < -0.39 is 17.5 Å². The molecule has 112 valence electrons. The number of amides is 2. The summed E-state index contributed by atoms with van der Waals surface area (Å²) in [5.41, 5.74) is 1.96. The van der Waals surface area contributed by atoms with Gasteiger partial charge >= 0.3 is 12.0 Å². The van der Waals surface area contributed by atoms with Crippen LogP contribution in [0.1, 0.15) is 20.8 Å². The smallest absolute Gasteiger partial charge is 0.329 e. The molecule has 6 nitrogen and oxygen atoms in total. The molecule has 0 fully saturated rings. The first-order valence-electron chi connectivity index (χ1n) is 6.51. The second kappa shape index (κ2) is 5.69. The molecule has 0 aliphatic heterocycles. The van der Waals surface area contributed by atoms with Gasteiger partial charge in [-0.25, -0.2) is 14.6 Å². The van der Waals surface area contributed by atoms with Crippen LogP contribution in [0.3, 0.4) is 0 Å². The van der Waals surface area contributed by atoms with E-state index in [4.69, 9.17) is 0 Å². The lowest BCUT2D eigenvalue weighted by Crippen LogP contribution is -2.54. The van der Waals surface area contributed by atoms with Gasteiger partial charge in [-0.05, 0) is 39.0 Å². The molecule has 2 N–H and O–H groups in total. The fourth-order valence-corrected chi connectivity index (χ4v) is 2.75. The SMILES string of the molecule is CCN(C(=O)Nc1ccc2ncsc2c1)C(C)(C)C(=O)O. The van der Waals surface area contributed by atoms with Gasteiger partial charge in [-0.2, -0.15) is 0 Å². The van der Waals surface area contributed by atoms with Crippen LogP contribution in [-0.4, -0.2) is 39.1 Å². The number of carbonyl (C=O) groups excluding carboxylic acids is 1. The third-order valence-electron chi connectivity index (χ3n) is 3.34. The Morgan fingerprint density at radius 3 is 2.76 bits per heavy atom. The molecule has 1 aromatic heterocycles. The molecule has 2 aromatic rings. The number of rotatable bonds is 4. The van der Waals surface area contributed by atoms with Crippen molar-refractivity contribution < 1.29 is 14.7 Å². The van der Waals surface area contributed by atoms with Crippen molar-refractivity contribution >= 4 is 39.2 Å². The third kappa shape index (κ3) is 2.97. The lowest BCUT2D eigenvalue weighted by Gasteiger charge is -2.34. The largest absolute Gasteiger partial charge is 0.480 e. The van der Waals surface area contributed by atoms with E-state index in [0.717, 1.165) is 10.2 Å². The van der Waals surface area contributed by atoms with Crippen molar-refractivity contribution in [1.82, 2.24) is 9.88 Å². The highest BCUT2D eigenvalue weighted by atomic mass is 32.1. The predicted octanol–water partition coefficient (Wildman–Crippen LogP) is 3.01. The minimum Gasteiger partial charge on any atom is -0.480 e. The molecule has 2 rings (SSSR count). The highest BCUT2D eigenvalue weighted by Crippen LogP contribution is 2.23. The molecule has 0 aliphatic carbocycles. The van der Waals surface area contributed by atoms with E-state index in [1.54, 1.807) is 18.5 Å². The Kier molecular flexibility index (Phi) is 4.13. The molecule has 7 heteroatoms. The van der Waals surface area contributed by atoms with E-state index in [0.29, 0.717) is 12.2 Å². The van der Waals surface area contributed by atoms with Gasteiger partial charge < -0.3 is 15.3 Å². The minimum absolute atomic E-state index is 0.300. The van der Waals surface area contributed by atoms with Crippen LogP contribution in [0, 0.1) is 0 Å². The number of aromatic nitrogens is 1. The Balaban J connectivity index is 2.20. The van der Waals surface area contributed by atoms with E-state index in [1.807, 2.05) is 12.1 Å². The number of likely N-dealkylation sites (N-methyl/N-ethyl adjacent to an activating group) is 1. The Morgan fingerprint density at radius 2 is 2.14 bits per heavy atom. The van der Waals surface area contributed by atoms with Crippen LogP contribution in [0.4, 0.5) is 10.5 Å². The van der Waals surface area contributed by atoms with E-state index >= 15 is 0 Å². The van der Waals surface area contributed by atoms with Crippen LogP contribution >= 0.6 is 11.3 Å². The Bertz CT molecular complexity index is 681. The topological polar surface area (TPSA) is 82.5 Å². The van der Waals surface area contributed by atoms with Crippen molar-refractivity contribution in [2.45, 2.75) is 26.3 Å². The molecule has 1 heterocycles. The van der Waals surface area contributed by atoms with Gasteiger partial charge in [-0.1, -0.05) is 0 Å². The summed E-state index contributed by atoms with van der Waals surface area (Å²) in [4.78, 5) is 29.1. The van der Waals surface area contributed by atoms with Crippen molar-refractivity contribution in [3.05, 3.63) is 23.7 Å². The van der Waals surface area contributed by atoms with Crippen LogP contribution in [-0.2, 0) is 4.79 Å². The van der Waals surface area contributed by atoms with E-state index in [1.165, 1.54) is 30.1 Å². The number of carboxylic acid groups (broad SMARTS) is 1. The Labute approximate surface area is 126 Å². The lowest BCUT2D eigenvalue weighted by atomic mass is 10.0. The average molecular weight is 307 g/mol. The number of urea groups is 1. The standard InChI is InChI=1S/C14H17N3O3S/c1-4-17(14(2,3)12(18)19)13(20)16-9-5-6-10-11(7-9)21-8-15-10/h5-8H,4H2,1-3H3,(H,16,20)(H,18,19). The Morgan fingerprint density at radius 1 is 1.43 bits per heavy atom. The number of nitrogens with zero attached hydrogens (tertiary/aromatic N) is 2. The van der Waals surface area contributed by atoms with Gasteiger partial charge in [0.1, 0.15) is 5.54 Å². The number of thiazole rings is 1. The summed E-state index contributed by atoms with van der Waals surface area (Å²) in [6.45, 7) is 5.06. The van der Waals surface area contributed by atoms with Crippen molar-refractivity contribution in [1.29, 1.82) is 0 Å². The first-order valence-corrected chi connectivity index (χ1v) is 7.39. The molecule has 0 spiro atoms. The first kappa shape index (κ1) is 15.2. The summed E-state index contributed by atoms with van der Waals surface area (Å²) in [7, 11) is 0. The molecule has 0 aliphatic rings. The second-order valence-corrected chi connectivity index (χ2v) is 5.96. The van der Waals surface area contributed by atoms with Crippen molar-refractivity contribution in [2.75, 3.05) is 11.9 Å². The average Bonchev–Trinajstić information content (AvgIpc) is 2.86. The highest BCUT2D eigenvalue weighted by molar-refractivity contribution is 7.16. The number of carbonyl (C=O) groups is 2. The highest BCUT2D eigenvalue weighted by Gasteiger charge is 2.36. The molecule has 2 amide bonds. The number of nitrogens with one attached hydrogen (secondary N) is 1. The number of anilines is 1. The zero-order chi connectivity index (χ0) is 15.6. The molecule has 0 atom stereocenters. The van der Waals surface area contributed by atoms with Crippen LogP contribution in [0.15, 0.2) is 23.7 Å². The maximum Gasteiger partial charge on any atom is 0.329 e. The van der Waals surface area contributed by atoms with Crippen LogP contribution in [0.5, 0.6) is 0 Å². The quantitative estimate of drug-likeness (QED) is 0.909. The van der Waals surface area contributed by atoms with Gasteiger partial charge in [0, 0.05) is 12.2 Å². The molecule has 0 saturated heterocycles. The zero-order valence-electron chi connectivity index (χ0n) is 12.1. The van der Waals surface area contributed by atoms with Crippen LogP contribution in [0.25, 0.3) is 10.2 Å². The maximum absolute atomic E-state index is 12.3. The van der Waals surface area contributed by atoms with E-state index in [2.05, 4.69) is 10.3 Å². The van der Waals surface area contributed by atoms with Gasteiger partial charge in [0.25, 0.3) is 0 Å². The summed E-state index contributed by atoms with van der Waals surface area (Å²) < 4.78 is 0.966. The fourth-order valence-electron chi connectivity index (χ4n) is 2.03. The maximum atomic E-state index is 12.3. The van der Waals surface area contributed by atoms with Crippen molar-refractivity contribution in [2.24, 2.45) is 0 Å². The van der Waals surface area contributed by atoms with E-state index in [9.17, 15) is 14.7 Å². The lowest BCUT2D eigenvalue weighted by molar-refractivity contribution is -0.147. The number of benzene rings is 1. The van der Waals surface area contributed by atoms with Gasteiger partial charge in [-0.15, -0.1) is 11.3 Å². The summed E-state index contributed by atoms with van der Waals surface area (Å²) in [6.07, 6.45) is 0. The second-order valence-electron chi connectivity index (χ2n) is 5.07. The van der Waals surface area contributed by atoms with Crippen LogP contribution < -0.4 is 5.32 Å². The molecule has 21 heavy (non-hydrogen) atoms. The molecule has 0 bridgehead atoms. The summed E-state index contributed by atoms with van der Waals surface area (Å²) in [5.74, 6) is -1.04. The van der Waals surface area contributed by atoms with Gasteiger partial charge in [-0.3, -0.25) is 0 Å². The van der Waals surface area contributed by atoms with Crippen LogP contribution in [0.2, 0.25) is 0 Å². The summed E-state index contributed by atoms with van der Waals surface area (Å²) in [5, 5.41) is 12.0. The summed E-state index contributed by atoms with van der Waals surface area (Å²) in [6, 6.07) is 4.96. The normalized spacial score (nSPS) is 11.4. The fraction of sp³-hybridized carbons (Fsp3) is 0.357. The monoisotopic (exact) mass is 307 g/mol. The molecule has 0 unspecified atom stereocenters. The van der Waals surface area contributed by atoms with Crippen molar-refractivity contribution in [3.63, 3.8) is 0 Å². The number of hydrogen-bond donors (Lipinski definition) is 2. The van der Waals surface area contributed by atoms with Gasteiger partial charge in [0.15, 0.2) is 0 Å². The van der Waals surface area contributed by atoms with Gasteiger partial charge in [0.05, 0.1) is 15.7 Å². The molecule has 1 aromatic carbocycles. The molecular formula is C14H17N3O3S. The number of carboxylic acids is 1. The third-order valence-corrected chi connectivity index (χ3v) is 4.13. The number of aliphatic carboxylic acids is 1.